The van der Waals surface area contributed by atoms with Gasteiger partial charge in [0.1, 0.15) is 5.75 Å². The van der Waals surface area contributed by atoms with E-state index in [1.54, 1.807) is 18.1 Å². The molecule has 0 aliphatic rings. The lowest BCUT2D eigenvalue weighted by molar-refractivity contribution is -0.141. The zero-order chi connectivity index (χ0) is 15.7. The van der Waals surface area contributed by atoms with Gasteiger partial charge in [0.25, 0.3) is 0 Å². The van der Waals surface area contributed by atoms with Crippen LogP contribution in [0.2, 0.25) is 0 Å². The topological polar surface area (TPSA) is 55.8 Å². The summed E-state index contributed by atoms with van der Waals surface area (Å²) in [5.41, 5.74) is 0.831. The Hall–Kier alpha value is -2.30. The monoisotopic (exact) mass is 291 g/mol. The van der Waals surface area contributed by atoms with Crippen molar-refractivity contribution in [2.75, 3.05) is 27.3 Å². The van der Waals surface area contributed by atoms with Crippen molar-refractivity contribution in [1.29, 1.82) is 0 Å². The van der Waals surface area contributed by atoms with E-state index in [-0.39, 0.29) is 18.3 Å². The van der Waals surface area contributed by atoms with Gasteiger partial charge >= 0.3 is 5.97 Å². The van der Waals surface area contributed by atoms with Crippen molar-refractivity contribution < 1.29 is 19.1 Å². The molecular formula is C16H21NO4. The molecule has 0 saturated heterocycles. The van der Waals surface area contributed by atoms with E-state index in [2.05, 4.69) is 4.74 Å². The molecule has 0 spiro atoms. The lowest BCUT2D eigenvalue weighted by Gasteiger charge is -2.18. The molecule has 0 aliphatic carbocycles. The molecule has 0 unspecified atom stereocenters. The maximum atomic E-state index is 12.1. The standard InChI is InChI=1S/C16H21NO4/c1-4-17(12-11-16(19)21-3)15(18)10-9-13-7-5-6-8-14(13)20-2/h5-10H,4,11-12H2,1-3H3/b10-9+. The van der Waals surface area contributed by atoms with Gasteiger partial charge in [0.2, 0.25) is 5.91 Å². The average Bonchev–Trinajstić information content (AvgIpc) is 2.53. The first-order chi connectivity index (χ1) is 10.1. The first-order valence-electron chi connectivity index (χ1n) is 6.79. The van der Waals surface area contributed by atoms with E-state index in [4.69, 9.17) is 4.74 Å². The number of esters is 1. The second-order valence-electron chi connectivity index (χ2n) is 4.32. The van der Waals surface area contributed by atoms with Gasteiger partial charge in [-0.1, -0.05) is 18.2 Å². The predicted octanol–water partition coefficient (Wildman–Crippen LogP) is 2.12. The van der Waals surface area contributed by atoms with Gasteiger partial charge in [-0.15, -0.1) is 0 Å². The average molecular weight is 291 g/mol. The summed E-state index contributed by atoms with van der Waals surface area (Å²) in [6, 6.07) is 7.44. The SMILES string of the molecule is CCN(CCC(=O)OC)C(=O)/C=C/c1ccccc1OC. The minimum atomic E-state index is -0.324. The molecule has 0 N–H and O–H groups in total. The van der Waals surface area contributed by atoms with E-state index >= 15 is 0 Å². The van der Waals surface area contributed by atoms with Crippen LogP contribution >= 0.6 is 0 Å². The number of hydrogen-bond donors (Lipinski definition) is 0. The molecule has 0 saturated carbocycles. The molecule has 0 radical (unpaired) electrons. The lowest BCUT2D eigenvalue weighted by atomic mass is 10.2. The van der Waals surface area contributed by atoms with E-state index in [1.807, 2.05) is 31.2 Å². The molecule has 1 aromatic rings. The molecular weight excluding hydrogens is 270 g/mol. The molecule has 21 heavy (non-hydrogen) atoms. The van der Waals surface area contributed by atoms with Crippen molar-refractivity contribution in [1.82, 2.24) is 4.90 Å². The lowest BCUT2D eigenvalue weighted by Crippen LogP contribution is -2.31. The highest BCUT2D eigenvalue weighted by Crippen LogP contribution is 2.18. The number of likely N-dealkylation sites (N-methyl/N-ethyl adjacent to an activating group) is 1. The van der Waals surface area contributed by atoms with Gasteiger partial charge in [-0.3, -0.25) is 9.59 Å². The summed E-state index contributed by atoms with van der Waals surface area (Å²) in [6.07, 6.45) is 3.39. The summed E-state index contributed by atoms with van der Waals surface area (Å²) in [7, 11) is 2.92. The third kappa shape index (κ3) is 5.30. The molecule has 0 bridgehead atoms. The van der Waals surface area contributed by atoms with Gasteiger partial charge in [-0.2, -0.15) is 0 Å². The van der Waals surface area contributed by atoms with E-state index in [9.17, 15) is 9.59 Å². The smallest absolute Gasteiger partial charge is 0.307 e. The fourth-order valence-electron chi connectivity index (χ4n) is 1.82. The van der Waals surface area contributed by atoms with E-state index in [1.165, 1.54) is 13.2 Å². The van der Waals surface area contributed by atoms with Crippen LogP contribution in [0.15, 0.2) is 30.3 Å². The van der Waals surface area contributed by atoms with Crippen molar-refractivity contribution in [3.8, 4) is 5.75 Å². The van der Waals surface area contributed by atoms with Crippen LogP contribution in [0.4, 0.5) is 0 Å². The number of amides is 1. The number of carbonyl (C=O) groups is 2. The zero-order valence-electron chi connectivity index (χ0n) is 12.7. The molecule has 5 nitrogen and oxygen atoms in total. The molecule has 114 valence electrons. The number of nitrogens with zero attached hydrogens (tertiary/aromatic N) is 1. The summed E-state index contributed by atoms with van der Waals surface area (Å²) >= 11 is 0. The normalized spacial score (nSPS) is 10.4. The quantitative estimate of drug-likeness (QED) is 0.570. The highest BCUT2D eigenvalue weighted by molar-refractivity contribution is 5.92. The number of carbonyl (C=O) groups excluding carboxylic acids is 2. The van der Waals surface area contributed by atoms with Crippen LogP contribution in [0.25, 0.3) is 6.08 Å². The first-order valence-corrected chi connectivity index (χ1v) is 6.79. The third-order valence-electron chi connectivity index (χ3n) is 3.05. The van der Waals surface area contributed by atoms with E-state index in [0.29, 0.717) is 18.8 Å². The Labute approximate surface area is 125 Å². The number of para-hydroxylation sites is 1. The van der Waals surface area contributed by atoms with Crippen LogP contribution in [0, 0.1) is 0 Å². The number of methoxy groups -OCH3 is 2. The molecule has 0 atom stereocenters. The Morgan fingerprint density at radius 1 is 1.24 bits per heavy atom. The molecule has 0 aromatic heterocycles. The number of benzene rings is 1. The third-order valence-corrected chi connectivity index (χ3v) is 3.05. The summed E-state index contributed by atoms with van der Waals surface area (Å²) in [5, 5.41) is 0. The van der Waals surface area contributed by atoms with Crippen LogP contribution in [-0.2, 0) is 14.3 Å². The van der Waals surface area contributed by atoms with Crippen molar-refractivity contribution in [2.24, 2.45) is 0 Å². The van der Waals surface area contributed by atoms with Gasteiger partial charge < -0.3 is 14.4 Å². The van der Waals surface area contributed by atoms with Crippen LogP contribution in [0.1, 0.15) is 18.9 Å². The first kappa shape index (κ1) is 16.8. The number of hydrogen-bond acceptors (Lipinski definition) is 4. The summed E-state index contributed by atoms with van der Waals surface area (Å²) in [4.78, 5) is 24.8. The molecule has 1 rings (SSSR count). The van der Waals surface area contributed by atoms with E-state index < -0.39 is 0 Å². The largest absolute Gasteiger partial charge is 0.496 e. The Morgan fingerprint density at radius 2 is 1.95 bits per heavy atom. The fourth-order valence-corrected chi connectivity index (χ4v) is 1.82. The Balaban J connectivity index is 2.68. The Morgan fingerprint density at radius 3 is 2.57 bits per heavy atom. The highest BCUT2D eigenvalue weighted by atomic mass is 16.5. The van der Waals surface area contributed by atoms with Crippen LogP contribution in [-0.4, -0.2) is 44.1 Å². The van der Waals surface area contributed by atoms with Crippen molar-refractivity contribution in [3.63, 3.8) is 0 Å². The number of ether oxygens (including phenoxy) is 2. The van der Waals surface area contributed by atoms with Crippen LogP contribution in [0.5, 0.6) is 5.75 Å². The maximum Gasteiger partial charge on any atom is 0.307 e. The molecule has 1 aromatic carbocycles. The summed E-state index contributed by atoms with van der Waals surface area (Å²) in [6.45, 7) is 2.75. The number of rotatable bonds is 7. The minimum Gasteiger partial charge on any atom is -0.496 e. The van der Waals surface area contributed by atoms with Gasteiger partial charge in [0, 0.05) is 24.7 Å². The fraction of sp³-hybridized carbons (Fsp3) is 0.375. The zero-order valence-corrected chi connectivity index (χ0v) is 12.7. The highest BCUT2D eigenvalue weighted by Gasteiger charge is 2.11. The van der Waals surface area contributed by atoms with Gasteiger partial charge in [-0.25, -0.2) is 0 Å². The molecule has 1 amide bonds. The van der Waals surface area contributed by atoms with Crippen LogP contribution < -0.4 is 4.74 Å². The maximum absolute atomic E-state index is 12.1. The minimum absolute atomic E-state index is 0.146. The van der Waals surface area contributed by atoms with Crippen molar-refractivity contribution in [2.45, 2.75) is 13.3 Å². The Bertz CT molecular complexity index is 511. The van der Waals surface area contributed by atoms with Gasteiger partial charge in [-0.05, 0) is 19.1 Å². The van der Waals surface area contributed by atoms with Crippen LogP contribution in [0.3, 0.4) is 0 Å². The molecule has 5 heteroatoms. The summed E-state index contributed by atoms with van der Waals surface area (Å²) in [5.74, 6) is 0.237. The van der Waals surface area contributed by atoms with E-state index in [0.717, 1.165) is 5.56 Å². The van der Waals surface area contributed by atoms with Crippen molar-refractivity contribution >= 4 is 18.0 Å². The molecule has 0 aliphatic heterocycles. The van der Waals surface area contributed by atoms with Crippen molar-refractivity contribution in [3.05, 3.63) is 35.9 Å². The van der Waals surface area contributed by atoms with Gasteiger partial charge in [0.05, 0.1) is 20.6 Å². The summed E-state index contributed by atoms with van der Waals surface area (Å²) < 4.78 is 9.79. The predicted molar refractivity (Wildman–Crippen MR) is 80.9 cm³/mol. The molecule has 0 fully saturated rings. The second kappa shape index (κ2) is 8.79. The Kier molecular flexibility index (Phi) is 7.01. The van der Waals surface area contributed by atoms with Gasteiger partial charge in [0.15, 0.2) is 0 Å². The second-order valence-corrected chi connectivity index (χ2v) is 4.32. The molecule has 0 heterocycles.